The molecule has 1 unspecified atom stereocenters. The van der Waals surface area contributed by atoms with Crippen molar-refractivity contribution in [1.82, 2.24) is 5.32 Å². The largest absolute Gasteiger partial charge is 0.345 e. The minimum absolute atomic E-state index is 0.0259. The van der Waals surface area contributed by atoms with Gasteiger partial charge in [-0.1, -0.05) is 66.2 Å². The smallest absolute Gasteiger partial charge is 0.252 e. The van der Waals surface area contributed by atoms with Gasteiger partial charge < -0.3 is 5.32 Å². The highest BCUT2D eigenvalue weighted by atomic mass is 16.1. The quantitative estimate of drug-likeness (QED) is 0.705. The molecule has 3 aromatic rings. The zero-order valence-electron chi connectivity index (χ0n) is 14.5. The van der Waals surface area contributed by atoms with E-state index in [0.717, 1.165) is 28.7 Å². The van der Waals surface area contributed by atoms with Crippen LogP contribution in [0.4, 0.5) is 0 Å². The molecule has 2 nitrogen and oxygen atoms in total. The van der Waals surface area contributed by atoms with Gasteiger partial charge in [0.05, 0.1) is 6.04 Å². The van der Waals surface area contributed by atoms with Gasteiger partial charge in [-0.2, -0.15) is 0 Å². The van der Waals surface area contributed by atoms with Crippen molar-refractivity contribution in [3.63, 3.8) is 0 Å². The standard InChI is InChI=1S/C23H21NO/c1-15-7-8-19-14-22(24-23(25)21(19)13-15)18-11-9-17(10-12-18)20-6-4-3-5-16(20)2/h3-13,22H,14H2,1-2H3,(H,24,25). The lowest BCUT2D eigenvalue weighted by Crippen LogP contribution is -2.35. The van der Waals surface area contributed by atoms with E-state index in [9.17, 15) is 4.79 Å². The Morgan fingerprint density at radius 3 is 2.40 bits per heavy atom. The third-order valence-electron chi connectivity index (χ3n) is 5.01. The summed E-state index contributed by atoms with van der Waals surface area (Å²) in [5.41, 5.74) is 7.94. The van der Waals surface area contributed by atoms with E-state index in [-0.39, 0.29) is 11.9 Å². The topological polar surface area (TPSA) is 29.1 Å². The molecule has 2 heteroatoms. The van der Waals surface area contributed by atoms with E-state index in [1.54, 1.807) is 0 Å². The van der Waals surface area contributed by atoms with Crippen LogP contribution in [-0.2, 0) is 6.42 Å². The van der Waals surface area contributed by atoms with E-state index in [0.29, 0.717) is 0 Å². The molecule has 124 valence electrons. The molecular formula is C23H21NO. The predicted octanol–water partition coefficient (Wildman–Crippen LogP) is 5.00. The Morgan fingerprint density at radius 1 is 0.880 bits per heavy atom. The first-order valence-electron chi connectivity index (χ1n) is 8.68. The van der Waals surface area contributed by atoms with Crippen LogP contribution in [-0.4, -0.2) is 5.91 Å². The Hall–Kier alpha value is -2.87. The lowest BCUT2D eigenvalue weighted by molar-refractivity contribution is 0.0925. The fourth-order valence-corrected chi connectivity index (χ4v) is 3.58. The Kier molecular flexibility index (Phi) is 3.89. The predicted molar refractivity (Wildman–Crippen MR) is 102 cm³/mol. The minimum atomic E-state index is 0.0259. The molecule has 3 aromatic carbocycles. The molecule has 0 aliphatic carbocycles. The maximum atomic E-state index is 12.4. The molecule has 25 heavy (non-hydrogen) atoms. The van der Waals surface area contributed by atoms with Crippen molar-refractivity contribution in [2.24, 2.45) is 0 Å². The fraction of sp³-hybridized carbons (Fsp3) is 0.174. The first kappa shape index (κ1) is 15.6. The number of carbonyl (C=O) groups is 1. The first-order chi connectivity index (χ1) is 12.1. The Bertz CT molecular complexity index is 941. The van der Waals surface area contributed by atoms with Crippen LogP contribution in [0.15, 0.2) is 66.7 Å². The number of carbonyl (C=O) groups excluding carboxylic acids is 1. The number of rotatable bonds is 2. The molecule has 0 fully saturated rings. The van der Waals surface area contributed by atoms with Gasteiger partial charge in [-0.15, -0.1) is 0 Å². The van der Waals surface area contributed by atoms with Gasteiger partial charge in [-0.05, 0) is 54.2 Å². The van der Waals surface area contributed by atoms with Crippen molar-refractivity contribution in [3.05, 3.63) is 94.5 Å². The normalized spacial score (nSPS) is 16.2. The fourth-order valence-electron chi connectivity index (χ4n) is 3.58. The van der Waals surface area contributed by atoms with Crippen LogP contribution < -0.4 is 5.32 Å². The summed E-state index contributed by atoms with van der Waals surface area (Å²) in [5.74, 6) is 0.0259. The van der Waals surface area contributed by atoms with Crippen molar-refractivity contribution in [3.8, 4) is 11.1 Å². The number of hydrogen-bond donors (Lipinski definition) is 1. The zero-order valence-corrected chi connectivity index (χ0v) is 14.5. The number of hydrogen-bond acceptors (Lipinski definition) is 1. The van der Waals surface area contributed by atoms with Gasteiger partial charge in [-0.25, -0.2) is 0 Å². The average molecular weight is 327 g/mol. The van der Waals surface area contributed by atoms with E-state index >= 15 is 0 Å². The first-order valence-corrected chi connectivity index (χ1v) is 8.68. The van der Waals surface area contributed by atoms with Gasteiger partial charge in [-0.3, -0.25) is 4.79 Å². The van der Waals surface area contributed by atoms with E-state index in [1.807, 2.05) is 13.0 Å². The molecular weight excluding hydrogens is 306 g/mol. The average Bonchev–Trinajstić information content (AvgIpc) is 2.63. The van der Waals surface area contributed by atoms with Gasteiger partial charge in [0.2, 0.25) is 0 Å². The molecule has 1 atom stereocenters. The lowest BCUT2D eigenvalue weighted by atomic mass is 9.89. The third kappa shape index (κ3) is 2.96. The second kappa shape index (κ2) is 6.21. The van der Waals surface area contributed by atoms with Crippen LogP contribution in [0.1, 0.15) is 38.7 Å². The second-order valence-electron chi connectivity index (χ2n) is 6.83. The Morgan fingerprint density at radius 2 is 1.64 bits per heavy atom. The number of benzene rings is 3. The molecule has 1 aliphatic rings. The Labute approximate surface area is 148 Å². The summed E-state index contributed by atoms with van der Waals surface area (Å²) in [4.78, 5) is 12.4. The van der Waals surface area contributed by atoms with Crippen molar-refractivity contribution in [1.29, 1.82) is 0 Å². The van der Waals surface area contributed by atoms with Gasteiger partial charge in [0, 0.05) is 5.56 Å². The van der Waals surface area contributed by atoms with Crippen LogP contribution in [0.3, 0.4) is 0 Å². The second-order valence-corrected chi connectivity index (χ2v) is 6.83. The summed E-state index contributed by atoms with van der Waals surface area (Å²) in [7, 11) is 0. The highest BCUT2D eigenvalue weighted by molar-refractivity contribution is 5.97. The highest BCUT2D eigenvalue weighted by Gasteiger charge is 2.25. The summed E-state index contributed by atoms with van der Waals surface area (Å²) in [6.07, 6.45) is 0.838. The third-order valence-corrected chi connectivity index (χ3v) is 5.01. The van der Waals surface area contributed by atoms with Crippen LogP contribution in [0.5, 0.6) is 0 Å². The van der Waals surface area contributed by atoms with E-state index in [1.165, 1.54) is 16.7 Å². The molecule has 1 N–H and O–H groups in total. The van der Waals surface area contributed by atoms with Crippen molar-refractivity contribution < 1.29 is 4.79 Å². The molecule has 0 bridgehead atoms. The maximum Gasteiger partial charge on any atom is 0.252 e. The van der Waals surface area contributed by atoms with Gasteiger partial charge >= 0.3 is 0 Å². The van der Waals surface area contributed by atoms with Crippen molar-refractivity contribution >= 4 is 5.91 Å². The summed E-state index contributed by atoms with van der Waals surface area (Å²) in [6, 6.07) is 23.1. The number of amides is 1. The summed E-state index contributed by atoms with van der Waals surface area (Å²) in [5, 5.41) is 3.15. The molecule has 0 aromatic heterocycles. The summed E-state index contributed by atoms with van der Waals surface area (Å²) < 4.78 is 0. The molecule has 4 rings (SSSR count). The molecule has 0 saturated heterocycles. The Balaban J connectivity index is 1.62. The van der Waals surface area contributed by atoms with Gasteiger partial charge in [0.15, 0.2) is 0 Å². The van der Waals surface area contributed by atoms with Crippen LogP contribution >= 0.6 is 0 Å². The maximum absolute atomic E-state index is 12.4. The monoisotopic (exact) mass is 327 g/mol. The van der Waals surface area contributed by atoms with Gasteiger partial charge in [0.25, 0.3) is 5.91 Å². The van der Waals surface area contributed by atoms with Crippen molar-refractivity contribution in [2.45, 2.75) is 26.3 Å². The highest BCUT2D eigenvalue weighted by Crippen LogP contribution is 2.29. The molecule has 1 amide bonds. The molecule has 0 spiro atoms. The molecule has 0 radical (unpaired) electrons. The van der Waals surface area contributed by atoms with E-state index < -0.39 is 0 Å². The molecule has 1 aliphatic heterocycles. The van der Waals surface area contributed by atoms with Gasteiger partial charge in [0.1, 0.15) is 0 Å². The lowest BCUT2D eigenvalue weighted by Gasteiger charge is -2.26. The summed E-state index contributed by atoms with van der Waals surface area (Å²) in [6.45, 7) is 4.15. The van der Waals surface area contributed by atoms with Crippen LogP contribution in [0.2, 0.25) is 0 Å². The van der Waals surface area contributed by atoms with Crippen LogP contribution in [0.25, 0.3) is 11.1 Å². The van der Waals surface area contributed by atoms with E-state index in [4.69, 9.17) is 0 Å². The number of aryl methyl sites for hydroxylation is 2. The van der Waals surface area contributed by atoms with Crippen LogP contribution in [0, 0.1) is 13.8 Å². The molecule has 0 saturated carbocycles. The molecule has 1 heterocycles. The van der Waals surface area contributed by atoms with E-state index in [2.05, 4.69) is 72.9 Å². The van der Waals surface area contributed by atoms with Crippen molar-refractivity contribution in [2.75, 3.05) is 0 Å². The minimum Gasteiger partial charge on any atom is -0.345 e. The number of nitrogens with one attached hydrogen (secondary N) is 1. The summed E-state index contributed by atoms with van der Waals surface area (Å²) >= 11 is 0. The zero-order chi connectivity index (χ0) is 17.4. The SMILES string of the molecule is Cc1ccc2c(c1)C(=O)NC(c1ccc(-c3ccccc3C)cc1)C2. The number of fused-ring (bicyclic) bond motifs is 1.